The first-order chi connectivity index (χ1) is 9.19. The summed E-state index contributed by atoms with van der Waals surface area (Å²) >= 11 is 0. The van der Waals surface area contributed by atoms with Crippen molar-refractivity contribution in [2.75, 3.05) is 12.4 Å². The number of benzene rings is 1. The standard InChI is InChI=1S/C13H13FN4O/c1-15-12-6-11(17-8-18-12)13(19)16-7-9-2-4-10(14)5-3-9/h2-6,8H,7H2,1H3,(H,16,19)(H,15,17,18). The van der Waals surface area contributed by atoms with Crippen LogP contribution in [0, 0.1) is 5.82 Å². The van der Waals surface area contributed by atoms with E-state index in [1.165, 1.54) is 18.5 Å². The molecular formula is C13H13FN4O. The number of amides is 1. The Hall–Kier alpha value is -2.50. The van der Waals surface area contributed by atoms with Crippen LogP contribution in [0.3, 0.4) is 0 Å². The van der Waals surface area contributed by atoms with Crippen molar-refractivity contribution in [2.45, 2.75) is 6.54 Å². The zero-order chi connectivity index (χ0) is 13.7. The fourth-order valence-corrected chi connectivity index (χ4v) is 1.49. The number of nitrogens with one attached hydrogen (secondary N) is 2. The quantitative estimate of drug-likeness (QED) is 0.876. The Bertz CT molecular complexity index is 571. The Morgan fingerprint density at radius 3 is 2.68 bits per heavy atom. The molecule has 2 rings (SSSR count). The van der Waals surface area contributed by atoms with E-state index >= 15 is 0 Å². The summed E-state index contributed by atoms with van der Waals surface area (Å²) in [7, 11) is 1.71. The smallest absolute Gasteiger partial charge is 0.270 e. The van der Waals surface area contributed by atoms with Crippen LogP contribution >= 0.6 is 0 Å². The van der Waals surface area contributed by atoms with Gasteiger partial charge in [0.15, 0.2) is 0 Å². The SMILES string of the molecule is CNc1cc(C(=O)NCc2ccc(F)cc2)ncn1. The minimum absolute atomic E-state index is 0.279. The average Bonchev–Trinajstić information content (AvgIpc) is 2.46. The summed E-state index contributed by atoms with van der Waals surface area (Å²) in [5.41, 5.74) is 1.10. The molecule has 98 valence electrons. The Kier molecular flexibility index (Phi) is 4.02. The van der Waals surface area contributed by atoms with Gasteiger partial charge in [-0.15, -0.1) is 0 Å². The highest BCUT2D eigenvalue weighted by Crippen LogP contribution is 2.05. The number of carbonyl (C=O) groups is 1. The van der Waals surface area contributed by atoms with Crippen LogP contribution in [0.5, 0.6) is 0 Å². The minimum Gasteiger partial charge on any atom is -0.373 e. The van der Waals surface area contributed by atoms with Crippen molar-refractivity contribution in [1.29, 1.82) is 0 Å². The van der Waals surface area contributed by atoms with Crippen molar-refractivity contribution in [2.24, 2.45) is 0 Å². The third-order valence-corrected chi connectivity index (χ3v) is 2.52. The van der Waals surface area contributed by atoms with Gasteiger partial charge in [0.2, 0.25) is 0 Å². The van der Waals surface area contributed by atoms with Gasteiger partial charge in [0, 0.05) is 19.7 Å². The number of carbonyl (C=O) groups excluding carboxylic acids is 1. The predicted octanol–water partition coefficient (Wildman–Crippen LogP) is 1.59. The lowest BCUT2D eigenvalue weighted by atomic mass is 10.2. The van der Waals surface area contributed by atoms with E-state index in [9.17, 15) is 9.18 Å². The first-order valence-corrected chi connectivity index (χ1v) is 5.71. The van der Waals surface area contributed by atoms with Gasteiger partial charge in [-0.25, -0.2) is 14.4 Å². The van der Waals surface area contributed by atoms with E-state index < -0.39 is 0 Å². The Balaban J connectivity index is 1.99. The van der Waals surface area contributed by atoms with Crippen LogP contribution in [0.4, 0.5) is 10.2 Å². The lowest BCUT2D eigenvalue weighted by molar-refractivity contribution is 0.0946. The van der Waals surface area contributed by atoms with Gasteiger partial charge in [0.1, 0.15) is 23.7 Å². The maximum absolute atomic E-state index is 12.7. The second kappa shape index (κ2) is 5.90. The van der Waals surface area contributed by atoms with E-state index in [1.54, 1.807) is 25.2 Å². The molecule has 0 bridgehead atoms. The molecule has 6 heteroatoms. The van der Waals surface area contributed by atoms with Crippen molar-refractivity contribution in [1.82, 2.24) is 15.3 Å². The monoisotopic (exact) mass is 260 g/mol. The van der Waals surface area contributed by atoms with Crippen LogP contribution < -0.4 is 10.6 Å². The van der Waals surface area contributed by atoms with Gasteiger partial charge in [0.05, 0.1) is 0 Å². The molecule has 5 nitrogen and oxygen atoms in total. The Morgan fingerprint density at radius 2 is 2.00 bits per heavy atom. The summed E-state index contributed by atoms with van der Waals surface area (Å²) in [6.07, 6.45) is 1.32. The van der Waals surface area contributed by atoms with Crippen molar-refractivity contribution < 1.29 is 9.18 Å². The molecule has 0 radical (unpaired) electrons. The number of rotatable bonds is 4. The molecule has 1 aromatic heterocycles. The predicted molar refractivity (Wildman–Crippen MR) is 69.1 cm³/mol. The van der Waals surface area contributed by atoms with Crippen molar-refractivity contribution in [3.63, 3.8) is 0 Å². The number of halogens is 1. The summed E-state index contributed by atoms with van der Waals surface area (Å²) in [6, 6.07) is 7.50. The van der Waals surface area contributed by atoms with Crippen LogP contribution in [0.15, 0.2) is 36.7 Å². The topological polar surface area (TPSA) is 66.9 Å². The van der Waals surface area contributed by atoms with Gasteiger partial charge < -0.3 is 10.6 Å². The Labute approximate surface area is 109 Å². The second-order valence-corrected chi connectivity index (χ2v) is 3.85. The highest BCUT2D eigenvalue weighted by atomic mass is 19.1. The fraction of sp³-hybridized carbons (Fsp3) is 0.154. The number of nitrogens with zero attached hydrogens (tertiary/aromatic N) is 2. The Morgan fingerprint density at radius 1 is 1.26 bits per heavy atom. The number of hydrogen-bond acceptors (Lipinski definition) is 4. The summed E-state index contributed by atoms with van der Waals surface area (Å²) in [5, 5.41) is 5.54. The molecule has 1 heterocycles. The summed E-state index contributed by atoms with van der Waals surface area (Å²) < 4.78 is 12.7. The van der Waals surface area contributed by atoms with Crippen LogP contribution in [0.1, 0.15) is 16.1 Å². The van der Waals surface area contributed by atoms with E-state index in [1.807, 2.05) is 0 Å². The zero-order valence-corrected chi connectivity index (χ0v) is 10.4. The third-order valence-electron chi connectivity index (χ3n) is 2.52. The van der Waals surface area contributed by atoms with Gasteiger partial charge in [-0.05, 0) is 17.7 Å². The van der Waals surface area contributed by atoms with Gasteiger partial charge in [0.25, 0.3) is 5.91 Å². The molecule has 0 aliphatic rings. The average molecular weight is 260 g/mol. The molecule has 0 aliphatic heterocycles. The van der Waals surface area contributed by atoms with Gasteiger partial charge in [-0.2, -0.15) is 0 Å². The van der Waals surface area contributed by atoms with E-state index in [0.29, 0.717) is 12.4 Å². The van der Waals surface area contributed by atoms with Crippen molar-refractivity contribution in [3.8, 4) is 0 Å². The molecule has 0 fully saturated rings. The number of hydrogen-bond donors (Lipinski definition) is 2. The lowest BCUT2D eigenvalue weighted by Gasteiger charge is -2.05. The van der Waals surface area contributed by atoms with Gasteiger partial charge >= 0.3 is 0 Å². The molecule has 0 spiro atoms. The van der Waals surface area contributed by atoms with Crippen molar-refractivity contribution >= 4 is 11.7 Å². The molecule has 2 aromatic rings. The third kappa shape index (κ3) is 3.48. The first-order valence-electron chi connectivity index (χ1n) is 5.71. The van der Waals surface area contributed by atoms with E-state index in [0.717, 1.165) is 5.56 Å². The normalized spacial score (nSPS) is 10.0. The zero-order valence-electron chi connectivity index (χ0n) is 10.4. The second-order valence-electron chi connectivity index (χ2n) is 3.85. The number of aromatic nitrogens is 2. The lowest BCUT2D eigenvalue weighted by Crippen LogP contribution is -2.24. The maximum atomic E-state index is 12.7. The van der Waals surface area contributed by atoms with E-state index in [2.05, 4.69) is 20.6 Å². The molecule has 0 saturated carbocycles. The maximum Gasteiger partial charge on any atom is 0.270 e. The minimum atomic E-state index is -0.303. The number of anilines is 1. The molecule has 1 aromatic carbocycles. The summed E-state index contributed by atoms with van der Waals surface area (Å²) in [6.45, 7) is 0.317. The first kappa shape index (κ1) is 12.9. The van der Waals surface area contributed by atoms with Gasteiger partial charge in [-0.3, -0.25) is 4.79 Å². The summed E-state index contributed by atoms with van der Waals surface area (Å²) in [5.74, 6) is -0.0327. The largest absolute Gasteiger partial charge is 0.373 e. The van der Waals surface area contributed by atoms with Crippen LogP contribution in [0.25, 0.3) is 0 Å². The van der Waals surface area contributed by atoms with Crippen molar-refractivity contribution in [3.05, 3.63) is 53.7 Å². The molecule has 2 N–H and O–H groups in total. The van der Waals surface area contributed by atoms with E-state index in [4.69, 9.17) is 0 Å². The molecule has 0 saturated heterocycles. The fourth-order valence-electron chi connectivity index (χ4n) is 1.49. The molecule has 0 atom stereocenters. The molecular weight excluding hydrogens is 247 g/mol. The van der Waals surface area contributed by atoms with Gasteiger partial charge in [-0.1, -0.05) is 12.1 Å². The molecule has 0 unspecified atom stereocenters. The highest BCUT2D eigenvalue weighted by molar-refractivity contribution is 5.92. The van der Waals surface area contributed by atoms with Crippen LogP contribution in [-0.4, -0.2) is 22.9 Å². The van der Waals surface area contributed by atoms with E-state index in [-0.39, 0.29) is 17.4 Å². The van der Waals surface area contributed by atoms with Crippen LogP contribution in [0.2, 0.25) is 0 Å². The molecule has 19 heavy (non-hydrogen) atoms. The molecule has 0 aliphatic carbocycles. The molecule has 1 amide bonds. The summed E-state index contributed by atoms with van der Waals surface area (Å²) in [4.78, 5) is 19.7. The highest BCUT2D eigenvalue weighted by Gasteiger charge is 2.07. The van der Waals surface area contributed by atoms with Crippen LogP contribution in [-0.2, 0) is 6.54 Å².